The fourth-order valence-electron chi connectivity index (χ4n) is 1.91. The lowest BCUT2D eigenvalue weighted by molar-refractivity contribution is 0.423. The summed E-state index contributed by atoms with van der Waals surface area (Å²) in [5, 5.41) is 3.42. The van der Waals surface area contributed by atoms with Crippen LogP contribution in [0.15, 0.2) is 18.2 Å². The Morgan fingerprint density at radius 2 is 1.95 bits per heavy atom. The Kier molecular flexibility index (Phi) is 5.36. The van der Waals surface area contributed by atoms with Crippen molar-refractivity contribution >= 4 is 5.69 Å². The molecule has 1 atom stereocenters. The van der Waals surface area contributed by atoms with Crippen LogP contribution >= 0.6 is 0 Å². The number of benzene rings is 1. The molecule has 1 N–H and O–H groups in total. The van der Waals surface area contributed by atoms with Crippen LogP contribution in [0.5, 0.6) is 0 Å². The van der Waals surface area contributed by atoms with Gasteiger partial charge in [-0.15, -0.1) is 0 Å². The highest BCUT2D eigenvalue weighted by Crippen LogP contribution is 2.23. The van der Waals surface area contributed by atoms with Crippen LogP contribution in [-0.4, -0.2) is 18.6 Å². The van der Waals surface area contributed by atoms with E-state index in [1.807, 2.05) is 6.07 Å². The van der Waals surface area contributed by atoms with Crippen molar-refractivity contribution in [1.82, 2.24) is 5.32 Å². The van der Waals surface area contributed by atoms with Gasteiger partial charge in [0.15, 0.2) is 0 Å². The molecule has 0 spiro atoms. The Bertz CT molecular complexity index is 410. The zero-order valence-corrected chi connectivity index (χ0v) is 13.0. The molecule has 108 valence electrons. The minimum Gasteiger partial charge on any atom is -0.372 e. The van der Waals surface area contributed by atoms with Crippen LogP contribution in [0.3, 0.4) is 0 Å². The van der Waals surface area contributed by atoms with Crippen LogP contribution in [0.2, 0.25) is 0 Å². The van der Waals surface area contributed by atoms with Crippen LogP contribution < -0.4 is 10.2 Å². The van der Waals surface area contributed by atoms with E-state index in [4.69, 9.17) is 0 Å². The molecule has 3 heteroatoms. The molecule has 0 aromatic heterocycles. The predicted octanol–water partition coefficient (Wildman–Crippen LogP) is 3.95. The van der Waals surface area contributed by atoms with Gasteiger partial charge in [0.25, 0.3) is 0 Å². The molecule has 0 heterocycles. The van der Waals surface area contributed by atoms with E-state index in [1.54, 1.807) is 6.07 Å². The molecule has 1 aromatic carbocycles. The summed E-state index contributed by atoms with van der Waals surface area (Å²) in [4.78, 5) is 2.22. The van der Waals surface area contributed by atoms with Crippen molar-refractivity contribution in [2.24, 2.45) is 0 Å². The minimum absolute atomic E-state index is 0.0263. The lowest BCUT2D eigenvalue weighted by Crippen LogP contribution is -2.36. The van der Waals surface area contributed by atoms with Crippen LogP contribution in [0.4, 0.5) is 10.1 Å². The first-order valence-corrected chi connectivity index (χ1v) is 7.01. The summed E-state index contributed by atoms with van der Waals surface area (Å²) in [7, 11) is 2.07. The summed E-state index contributed by atoms with van der Waals surface area (Å²) in [6, 6.07) is 5.49. The third-order valence-corrected chi connectivity index (χ3v) is 3.48. The highest BCUT2D eigenvalue weighted by Gasteiger charge is 2.15. The number of nitrogens with zero attached hydrogens (tertiary/aromatic N) is 1. The Morgan fingerprint density at radius 1 is 1.32 bits per heavy atom. The normalized spacial score (nSPS) is 13.4. The average Bonchev–Trinajstić information content (AvgIpc) is 2.34. The molecule has 1 unspecified atom stereocenters. The Morgan fingerprint density at radius 3 is 2.47 bits per heavy atom. The monoisotopic (exact) mass is 266 g/mol. The molecule has 0 saturated carbocycles. The highest BCUT2D eigenvalue weighted by molar-refractivity contribution is 5.54. The molecule has 2 nitrogen and oxygen atoms in total. The SMILES string of the molecule is CCC(C)N(C)c1ccc(F)cc1CNC(C)(C)C. The van der Waals surface area contributed by atoms with Gasteiger partial charge in [-0.3, -0.25) is 0 Å². The van der Waals surface area contributed by atoms with E-state index in [0.29, 0.717) is 12.6 Å². The molecule has 0 fully saturated rings. The van der Waals surface area contributed by atoms with Gasteiger partial charge in [-0.1, -0.05) is 6.92 Å². The smallest absolute Gasteiger partial charge is 0.123 e. The number of hydrogen-bond acceptors (Lipinski definition) is 2. The van der Waals surface area contributed by atoms with Gasteiger partial charge in [0.2, 0.25) is 0 Å². The average molecular weight is 266 g/mol. The molecular formula is C16H27FN2. The fraction of sp³-hybridized carbons (Fsp3) is 0.625. The van der Waals surface area contributed by atoms with Crippen molar-refractivity contribution in [3.05, 3.63) is 29.6 Å². The Balaban J connectivity index is 2.97. The molecule has 0 aliphatic heterocycles. The van der Waals surface area contributed by atoms with E-state index < -0.39 is 0 Å². The zero-order chi connectivity index (χ0) is 14.6. The van der Waals surface area contributed by atoms with E-state index in [9.17, 15) is 4.39 Å². The van der Waals surface area contributed by atoms with E-state index >= 15 is 0 Å². The van der Waals surface area contributed by atoms with Gasteiger partial charge >= 0.3 is 0 Å². The van der Waals surface area contributed by atoms with E-state index in [-0.39, 0.29) is 11.4 Å². The molecule has 0 aliphatic carbocycles. The molecule has 0 radical (unpaired) electrons. The second kappa shape index (κ2) is 6.38. The van der Waals surface area contributed by atoms with Gasteiger partial charge in [-0.2, -0.15) is 0 Å². The molecule has 0 saturated heterocycles. The first-order valence-electron chi connectivity index (χ1n) is 7.01. The van der Waals surface area contributed by atoms with Crippen molar-refractivity contribution in [1.29, 1.82) is 0 Å². The maximum atomic E-state index is 13.5. The van der Waals surface area contributed by atoms with Gasteiger partial charge in [0.05, 0.1) is 0 Å². The van der Waals surface area contributed by atoms with Crippen molar-refractivity contribution in [3.8, 4) is 0 Å². The van der Waals surface area contributed by atoms with Crippen LogP contribution in [-0.2, 0) is 6.54 Å². The molecule has 1 aromatic rings. The standard InChI is InChI=1S/C16H27FN2/c1-7-12(2)19(6)15-9-8-14(17)10-13(15)11-18-16(3,4)5/h8-10,12,18H,7,11H2,1-6H3. The van der Waals surface area contributed by atoms with Crippen molar-refractivity contribution in [3.63, 3.8) is 0 Å². The minimum atomic E-state index is -0.174. The molecule has 0 aliphatic rings. The second-order valence-corrected chi connectivity index (χ2v) is 6.24. The molecule has 0 amide bonds. The first-order chi connectivity index (χ1) is 8.74. The number of halogens is 1. The third-order valence-electron chi connectivity index (χ3n) is 3.48. The number of rotatable bonds is 5. The molecule has 0 bridgehead atoms. The number of anilines is 1. The summed E-state index contributed by atoms with van der Waals surface area (Å²) in [6.45, 7) is 11.4. The van der Waals surface area contributed by atoms with Crippen LogP contribution in [0, 0.1) is 5.82 Å². The van der Waals surface area contributed by atoms with Crippen molar-refractivity contribution < 1.29 is 4.39 Å². The largest absolute Gasteiger partial charge is 0.372 e. The fourth-order valence-corrected chi connectivity index (χ4v) is 1.91. The molecular weight excluding hydrogens is 239 g/mol. The summed E-state index contributed by atoms with van der Waals surface area (Å²) in [6.07, 6.45) is 1.07. The Labute approximate surface area is 117 Å². The van der Waals surface area contributed by atoms with Crippen molar-refractivity contribution in [2.45, 2.75) is 59.2 Å². The van der Waals surface area contributed by atoms with Crippen molar-refractivity contribution in [2.75, 3.05) is 11.9 Å². The second-order valence-electron chi connectivity index (χ2n) is 6.24. The summed E-state index contributed by atoms with van der Waals surface area (Å²) < 4.78 is 13.5. The van der Waals surface area contributed by atoms with Gasteiger partial charge < -0.3 is 10.2 Å². The first kappa shape index (κ1) is 16.0. The maximum Gasteiger partial charge on any atom is 0.123 e. The van der Waals surface area contributed by atoms with Crippen LogP contribution in [0.25, 0.3) is 0 Å². The van der Waals surface area contributed by atoms with E-state index in [2.05, 4.69) is 51.9 Å². The lowest BCUT2D eigenvalue weighted by atomic mass is 10.1. The van der Waals surface area contributed by atoms with Gasteiger partial charge in [-0.05, 0) is 57.9 Å². The highest BCUT2D eigenvalue weighted by atomic mass is 19.1. The summed E-state index contributed by atoms with van der Waals surface area (Å²) in [5.41, 5.74) is 2.14. The summed E-state index contributed by atoms with van der Waals surface area (Å²) in [5.74, 6) is -0.174. The van der Waals surface area contributed by atoms with Crippen LogP contribution in [0.1, 0.15) is 46.6 Å². The van der Waals surface area contributed by atoms with Gasteiger partial charge in [0, 0.05) is 30.9 Å². The van der Waals surface area contributed by atoms with Gasteiger partial charge in [0.1, 0.15) is 5.82 Å². The van der Waals surface area contributed by atoms with Gasteiger partial charge in [-0.25, -0.2) is 4.39 Å². The third kappa shape index (κ3) is 4.83. The number of nitrogens with one attached hydrogen (secondary N) is 1. The zero-order valence-electron chi connectivity index (χ0n) is 13.0. The maximum absolute atomic E-state index is 13.5. The predicted molar refractivity (Wildman–Crippen MR) is 81.1 cm³/mol. The lowest BCUT2D eigenvalue weighted by Gasteiger charge is -2.29. The molecule has 1 rings (SSSR count). The molecule has 19 heavy (non-hydrogen) atoms. The quantitative estimate of drug-likeness (QED) is 0.868. The number of hydrogen-bond donors (Lipinski definition) is 1. The van der Waals surface area contributed by atoms with E-state index in [0.717, 1.165) is 17.7 Å². The van der Waals surface area contributed by atoms with E-state index in [1.165, 1.54) is 6.07 Å². The summed E-state index contributed by atoms with van der Waals surface area (Å²) >= 11 is 0. The Hall–Kier alpha value is -1.09. The topological polar surface area (TPSA) is 15.3 Å².